The smallest absolute Gasteiger partial charge is 0.232 e. The Kier molecular flexibility index (Phi) is 7.26. The molecular weight excluding hydrogens is 368 g/mol. The molecule has 0 aromatic heterocycles. The number of rotatable bonds is 4. The van der Waals surface area contributed by atoms with Crippen LogP contribution in [0.5, 0.6) is 0 Å². The summed E-state index contributed by atoms with van der Waals surface area (Å²) in [4.78, 5) is 30.1. The minimum absolute atomic E-state index is 0.0911. The molecule has 2 amide bonds. The highest BCUT2D eigenvalue weighted by Gasteiger charge is 2.30. The molecule has 0 saturated carbocycles. The lowest BCUT2D eigenvalue weighted by Gasteiger charge is -2.34. The van der Waals surface area contributed by atoms with Gasteiger partial charge in [0.2, 0.25) is 11.8 Å². The van der Waals surface area contributed by atoms with Crippen LogP contribution in [0.4, 0.5) is 0 Å². The van der Waals surface area contributed by atoms with E-state index < -0.39 is 0 Å². The summed E-state index contributed by atoms with van der Waals surface area (Å²) in [6.07, 6.45) is 6.31. The fourth-order valence-corrected chi connectivity index (χ4v) is 4.86. The number of amides is 2. The predicted molar refractivity (Wildman–Crippen MR) is 107 cm³/mol. The SMILES string of the molecule is O=C(CSc1ccccc1Cl)N1CCC(C(=O)N2CCCCCC2)CC1. The van der Waals surface area contributed by atoms with Gasteiger partial charge in [0, 0.05) is 37.0 Å². The predicted octanol–water partition coefficient (Wildman–Crippen LogP) is 4.07. The largest absolute Gasteiger partial charge is 0.342 e. The fraction of sp³-hybridized carbons (Fsp3) is 0.600. The highest BCUT2D eigenvalue weighted by atomic mass is 35.5. The Balaban J connectivity index is 1.44. The van der Waals surface area contributed by atoms with Gasteiger partial charge in [0.1, 0.15) is 0 Å². The summed E-state index contributed by atoms with van der Waals surface area (Å²) >= 11 is 7.63. The van der Waals surface area contributed by atoms with Gasteiger partial charge in [-0.25, -0.2) is 0 Å². The maximum absolute atomic E-state index is 12.7. The van der Waals surface area contributed by atoms with Gasteiger partial charge >= 0.3 is 0 Å². The van der Waals surface area contributed by atoms with Crippen molar-refractivity contribution in [2.24, 2.45) is 5.92 Å². The number of thioether (sulfide) groups is 1. The molecule has 2 heterocycles. The van der Waals surface area contributed by atoms with Gasteiger partial charge < -0.3 is 9.80 Å². The zero-order valence-electron chi connectivity index (χ0n) is 15.2. The highest BCUT2D eigenvalue weighted by Crippen LogP contribution is 2.28. The molecule has 6 heteroatoms. The van der Waals surface area contributed by atoms with Crippen LogP contribution in [0.2, 0.25) is 5.02 Å². The first-order chi connectivity index (χ1) is 12.6. The molecule has 3 rings (SSSR count). The fourth-order valence-electron chi connectivity index (χ4n) is 3.72. The number of carbonyl (C=O) groups excluding carboxylic acids is 2. The Morgan fingerprint density at radius 1 is 0.962 bits per heavy atom. The number of nitrogens with zero attached hydrogens (tertiary/aromatic N) is 2. The van der Waals surface area contributed by atoms with E-state index in [9.17, 15) is 9.59 Å². The van der Waals surface area contributed by atoms with Crippen LogP contribution in [0, 0.1) is 5.92 Å². The third-order valence-electron chi connectivity index (χ3n) is 5.30. The molecule has 2 saturated heterocycles. The van der Waals surface area contributed by atoms with Crippen LogP contribution in [0.15, 0.2) is 29.2 Å². The van der Waals surface area contributed by atoms with Crippen LogP contribution >= 0.6 is 23.4 Å². The Morgan fingerprint density at radius 2 is 1.62 bits per heavy atom. The molecule has 0 radical (unpaired) electrons. The summed E-state index contributed by atoms with van der Waals surface area (Å²) in [7, 11) is 0. The van der Waals surface area contributed by atoms with Gasteiger partial charge in [-0.1, -0.05) is 36.6 Å². The van der Waals surface area contributed by atoms with Crippen LogP contribution in [0.25, 0.3) is 0 Å². The number of hydrogen-bond acceptors (Lipinski definition) is 3. The van der Waals surface area contributed by atoms with Gasteiger partial charge in [0.25, 0.3) is 0 Å². The van der Waals surface area contributed by atoms with E-state index in [1.165, 1.54) is 24.6 Å². The maximum Gasteiger partial charge on any atom is 0.232 e. The molecule has 0 N–H and O–H groups in total. The Hall–Kier alpha value is -1.20. The molecule has 1 aromatic rings. The summed E-state index contributed by atoms with van der Waals surface area (Å²) in [5.41, 5.74) is 0. The molecular formula is C20H27ClN2O2S. The maximum atomic E-state index is 12.7. The lowest BCUT2D eigenvalue weighted by Crippen LogP contribution is -2.45. The van der Waals surface area contributed by atoms with E-state index in [2.05, 4.69) is 4.90 Å². The van der Waals surface area contributed by atoms with Crippen molar-refractivity contribution in [3.63, 3.8) is 0 Å². The summed E-state index contributed by atoms with van der Waals surface area (Å²) in [6, 6.07) is 7.60. The minimum Gasteiger partial charge on any atom is -0.342 e. The zero-order chi connectivity index (χ0) is 18.4. The van der Waals surface area contributed by atoms with Gasteiger partial charge in [-0.3, -0.25) is 9.59 Å². The second-order valence-corrected chi connectivity index (χ2v) is 8.54. The number of hydrogen-bond donors (Lipinski definition) is 0. The number of carbonyl (C=O) groups is 2. The zero-order valence-corrected chi connectivity index (χ0v) is 16.7. The van der Waals surface area contributed by atoms with Crippen molar-refractivity contribution < 1.29 is 9.59 Å². The van der Waals surface area contributed by atoms with E-state index in [0.717, 1.165) is 43.7 Å². The van der Waals surface area contributed by atoms with E-state index >= 15 is 0 Å². The second-order valence-electron chi connectivity index (χ2n) is 7.11. The van der Waals surface area contributed by atoms with Crippen LogP contribution in [0.3, 0.4) is 0 Å². The van der Waals surface area contributed by atoms with Gasteiger partial charge in [-0.2, -0.15) is 0 Å². The van der Waals surface area contributed by atoms with Crippen molar-refractivity contribution >= 4 is 35.2 Å². The Bertz CT molecular complexity index is 624. The molecule has 0 spiro atoms. The van der Waals surface area contributed by atoms with E-state index in [1.807, 2.05) is 29.2 Å². The molecule has 4 nitrogen and oxygen atoms in total. The first-order valence-electron chi connectivity index (χ1n) is 9.59. The van der Waals surface area contributed by atoms with E-state index in [4.69, 9.17) is 11.6 Å². The summed E-state index contributed by atoms with van der Waals surface area (Å²) in [5, 5.41) is 0.687. The third-order valence-corrected chi connectivity index (χ3v) is 6.80. The van der Waals surface area contributed by atoms with Crippen LogP contribution in [0.1, 0.15) is 38.5 Å². The third kappa shape index (κ3) is 5.17. The first kappa shape index (κ1) is 19.6. The second kappa shape index (κ2) is 9.65. The van der Waals surface area contributed by atoms with Crippen molar-refractivity contribution in [1.29, 1.82) is 0 Å². The van der Waals surface area contributed by atoms with Crippen molar-refractivity contribution in [1.82, 2.24) is 9.80 Å². The highest BCUT2D eigenvalue weighted by molar-refractivity contribution is 8.00. The summed E-state index contributed by atoms with van der Waals surface area (Å²) in [5.74, 6) is 0.933. The number of piperidine rings is 1. The standard InChI is InChI=1S/C20H27ClN2O2S/c21-17-7-3-4-8-18(17)26-15-19(24)22-13-9-16(10-14-22)20(25)23-11-5-1-2-6-12-23/h3-4,7-8,16H,1-2,5-6,9-15H2. The lowest BCUT2D eigenvalue weighted by molar-refractivity contribution is -0.139. The molecule has 2 aliphatic heterocycles. The van der Waals surface area contributed by atoms with Crippen molar-refractivity contribution in [3.05, 3.63) is 29.3 Å². The number of benzene rings is 1. The normalized spacial score (nSPS) is 19.3. The number of likely N-dealkylation sites (tertiary alicyclic amines) is 2. The Labute approximate surface area is 165 Å². The van der Waals surface area contributed by atoms with Crippen molar-refractivity contribution in [3.8, 4) is 0 Å². The van der Waals surface area contributed by atoms with Crippen LogP contribution < -0.4 is 0 Å². The summed E-state index contributed by atoms with van der Waals surface area (Å²) < 4.78 is 0. The molecule has 0 atom stereocenters. The van der Waals surface area contributed by atoms with Crippen LogP contribution in [-0.4, -0.2) is 53.5 Å². The molecule has 26 heavy (non-hydrogen) atoms. The minimum atomic E-state index is 0.0911. The van der Waals surface area contributed by atoms with Crippen molar-refractivity contribution in [2.75, 3.05) is 31.9 Å². The average molecular weight is 395 g/mol. The van der Waals surface area contributed by atoms with Crippen molar-refractivity contribution in [2.45, 2.75) is 43.4 Å². The van der Waals surface area contributed by atoms with E-state index in [-0.39, 0.29) is 11.8 Å². The van der Waals surface area contributed by atoms with Gasteiger partial charge in [-0.05, 0) is 37.8 Å². The monoisotopic (exact) mass is 394 g/mol. The average Bonchev–Trinajstić information content (AvgIpc) is 2.96. The quantitative estimate of drug-likeness (QED) is 0.722. The lowest BCUT2D eigenvalue weighted by atomic mass is 9.95. The van der Waals surface area contributed by atoms with Gasteiger partial charge in [0.05, 0.1) is 10.8 Å². The molecule has 2 aliphatic rings. The molecule has 0 aliphatic carbocycles. The van der Waals surface area contributed by atoms with Crippen LogP contribution in [-0.2, 0) is 9.59 Å². The van der Waals surface area contributed by atoms with E-state index in [1.54, 1.807) is 0 Å². The van der Waals surface area contributed by atoms with Gasteiger partial charge in [-0.15, -0.1) is 11.8 Å². The molecule has 2 fully saturated rings. The summed E-state index contributed by atoms with van der Waals surface area (Å²) in [6.45, 7) is 3.19. The first-order valence-corrected chi connectivity index (χ1v) is 11.0. The molecule has 0 unspecified atom stereocenters. The molecule has 142 valence electrons. The number of halogens is 1. The van der Waals surface area contributed by atoms with E-state index in [0.29, 0.717) is 29.8 Å². The topological polar surface area (TPSA) is 40.6 Å². The molecule has 0 bridgehead atoms. The Morgan fingerprint density at radius 3 is 2.27 bits per heavy atom. The van der Waals surface area contributed by atoms with Gasteiger partial charge in [0.15, 0.2) is 0 Å². The molecule has 1 aromatic carbocycles.